The van der Waals surface area contributed by atoms with Gasteiger partial charge in [0.25, 0.3) is 0 Å². The van der Waals surface area contributed by atoms with Crippen molar-refractivity contribution in [2.45, 2.75) is 43.7 Å². The zero-order valence-electron chi connectivity index (χ0n) is 14.5. The molecule has 0 saturated carbocycles. The quantitative estimate of drug-likeness (QED) is 0.460. The third-order valence-electron chi connectivity index (χ3n) is 4.22. The molecule has 0 aliphatic carbocycles. The molecule has 2 heterocycles. The minimum atomic E-state index is 0.351. The number of aryl methyl sites for hydroxylation is 2. The smallest absolute Gasteiger partial charge is 0.220 e. The highest BCUT2D eigenvalue weighted by Crippen LogP contribution is 2.33. The van der Waals surface area contributed by atoms with Gasteiger partial charge in [0, 0.05) is 15.6 Å². The molecule has 2 N–H and O–H groups in total. The molecule has 3 rings (SSSR count). The normalized spacial score (nSPS) is 11.3. The van der Waals surface area contributed by atoms with Crippen LogP contribution in [0.3, 0.4) is 0 Å². The second kappa shape index (κ2) is 8.52. The van der Waals surface area contributed by atoms with E-state index in [1.54, 1.807) is 0 Å². The van der Waals surface area contributed by atoms with Crippen molar-refractivity contribution < 1.29 is 0 Å². The number of hydrogen-bond acceptors (Lipinski definition) is 5. The van der Waals surface area contributed by atoms with Gasteiger partial charge in [-0.1, -0.05) is 29.3 Å². The Hall–Kier alpha value is -1.11. The van der Waals surface area contributed by atoms with Crippen LogP contribution >= 0.6 is 39.0 Å². The SMILES string of the molecule is CCCCc1csc(SCCc2nc(N)nc3ccc(Br)cc23)c1C. The third kappa shape index (κ3) is 4.54. The van der Waals surface area contributed by atoms with Crippen LogP contribution in [0.5, 0.6) is 0 Å². The van der Waals surface area contributed by atoms with E-state index in [2.05, 4.69) is 51.2 Å². The highest BCUT2D eigenvalue weighted by atomic mass is 79.9. The second-order valence-electron chi connectivity index (χ2n) is 6.07. The first kappa shape index (κ1) is 18.7. The molecule has 25 heavy (non-hydrogen) atoms. The summed E-state index contributed by atoms with van der Waals surface area (Å²) in [6.45, 7) is 4.49. The summed E-state index contributed by atoms with van der Waals surface area (Å²) in [5.74, 6) is 1.34. The van der Waals surface area contributed by atoms with Gasteiger partial charge in [-0.2, -0.15) is 0 Å². The predicted octanol–water partition coefficient (Wildman–Crippen LogP) is 6.02. The largest absolute Gasteiger partial charge is 0.368 e. The number of aromatic nitrogens is 2. The number of anilines is 1. The number of nitrogen functional groups attached to an aromatic ring is 1. The molecule has 0 fully saturated rings. The van der Waals surface area contributed by atoms with E-state index in [0.717, 1.165) is 33.2 Å². The molecule has 0 radical (unpaired) electrons. The standard InChI is InChI=1S/C19H22BrN3S2/c1-3-4-5-13-11-25-18(12(13)2)24-9-8-17-15-10-14(20)6-7-16(15)22-19(21)23-17/h6-7,10-11H,3-5,8-9H2,1-2H3,(H2,21,22,23). The average molecular weight is 436 g/mol. The Kier molecular flexibility index (Phi) is 6.36. The van der Waals surface area contributed by atoms with Crippen LogP contribution in [0.4, 0.5) is 5.95 Å². The summed E-state index contributed by atoms with van der Waals surface area (Å²) in [5, 5.41) is 3.40. The van der Waals surface area contributed by atoms with E-state index in [1.165, 1.54) is 34.6 Å². The molecule has 0 unspecified atom stereocenters. The van der Waals surface area contributed by atoms with E-state index in [4.69, 9.17) is 5.73 Å². The summed E-state index contributed by atoms with van der Waals surface area (Å²) in [6.07, 6.45) is 4.59. The van der Waals surface area contributed by atoms with Crippen molar-refractivity contribution in [3.05, 3.63) is 44.9 Å². The zero-order chi connectivity index (χ0) is 17.8. The van der Waals surface area contributed by atoms with Crippen LogP contribution in [-0.4, -0.2) is 15.7 Å². The van der Waals surface area contributed by atoms with Crippen molar-refractivity contribution in [3.63, 3.8) is 0 Å². The van der Waals surface area contributed by atoms with E-state index in [9.17, 15) is 0 Å². The van der Waals surface area contributed by atoms with Gasteiger partial charge in [-0.05, 0) is 60.9 Å². The van der Waals surface area contributed by atoms with Gasteiger partial charge >= 0.3 is 0 Å². The molecule has 2 aromatic heterocycles. The Bertz CT molecular complexity index is 876. The van der Waals surface area contributed by atoms with Gasteiger partial charge in [0.05, 0.1) is 15.4 Å². The number of thiophene rings is 1. The summed E-state index contributed by atoms with van der Waals surface area (Å²) in [4.78, 5) is 8.81. The number of halogens is 1. The van der Waals surface area contributed by atoms with Crippen LogP contribution in [0.25, 0.3) is 10.9 Å². The van der Waals surface area contributed by atoms with E-state index in [1.807, 2.05) is 35.2 Å². The number of hydrogen-bond donors (Lipinski definition) is 1. The molecule has 3 aromatic rings. The maximum Gasteiger partial charge on any atom is 0.220 e. The Morgan fingerprint density at radius 1 is 1.24 bits per heavy atom. The summed E-state index contributed by atoms with van der Waals surface area (Å²) >= 11 is 7.32. The fraction of sp³-hybridized carbons (Fsp3) is 0.368. The average Bonchev–Trinajstić information content (AvgIpc) is 2.93. The molecule has 0 aliphatic rings. The van der Waals surface area contributed by atoms with Crippen LogP contribution in [0.1, 0.15) is 36.6 Å². The highest BCUT2D eigenvalue weighted by Gasteiger charge is 2.10. The summed E-state index contributed by atoms with van der Waals surface area (Å²) < 4.78 is 2.47. The molecule has 0 atom stereocenters. The Balaban J connectivity index is 1.71. The van der Waals surface area contributed by atoms with E-state index >= 15 is 0 Å². The number of benzene rings is 1. The van der Waals surface area contributed by atoms with Crippen LogP contribution in [0, 0.1) is 6.92 Å². The van der Waals surface area contributed by atoms with E-state index in [0.29, 0.717) is 5.95 Å². The fourth-order valence-corrected chi connectivity index (χ4v) is 5.51. The fourth-order valence-electron chi connectivity index (χ4n) is 2.80. The Morgan fingerprint density at radius 2 is 2.08 bits per heavy atom. The first-order valence-corrected chi connectivity index (χ1v) is 11.2. The monoisotopic (exact) mass is 435 g/mol. The molecular formula is C19H22BrN3S2. The summed E-state index contributed by atoms with van der Waals surface area (Å²) in [5.41, 5.74) is 10.8. The third-order valence-corrected chi connectivity index (χ3v) is 7.26. The van der Waals surface area contributed by atoms with Gasteiger partial charge in [-0.25, -0.2) is 9.97 Å². The minimum Gasteiger partial charge on any atom is -0.368 e. The van der Waals surface area contributed by atoms with Crippen molar-refractivity contribution in [1.82, 2.24) is 9.97 Å². The molecule has 6 heteroatoms. The lowest BCUT2D eigenvalue weighted by Crippen LogP contribution is -2.02. The molecule has 0 spiro atoms. The number of nitrogens with two attached hydrogens (primary N) is 1. The van der Waals surface area contributed by atoms with E-state index < -0.39 is 0 Å². The summed E-state index contributed by atoms with van der Waals surface area (Å²) in [7, 11) is 0. The van der Waals surface area contributed by atoms with Gasteiger partial charge in [-0.3, -0.25) is 0 Å². The van der Waals surface area contributed by atoms with Crippen LogP contribution in [-0.2, 0) is 12.8 Å². The zero-order valence-corrected chi connectivity index (χ0v) is 17.7. The van der Waals surface area contributed by atoms with Crippen LogP contribution in [0.2, 0.25) is 0 Å². The van der Waals surface area contributed by atoms with Crippen molar-refractivity contribution in [2.75, 3.05) is 11.5 Å². The molecule has 3 nitrogen and oxygen atoms in total. The topological polar surface area (TPSA) is 51.8 Å². The number of unbranched alkanes of at least 4 members (excludes halogenated alkanes) is 1. The van der Waals surface area contributed by atoms with Crippen molar-refractivity contribution in [2.24, 2.45) is 0 Å². The van der Waals surface area contributed by atoms with Crippen LogP contribution < -0.4 is 5.73 Å². The molecule has 0 bridgehead atoms. The number of fused-ring (bicyclic) bond motifs is 1. The van der Waals surface area contributed by atoms with Crippen LogP contribution in [0.15, 0.2) is 32.3 Å². The lowest BCUT2D eigenvalue weighted by molar-refractivity contribution is 0.792. The number of thioether (sulfide) groups is 1. The number of rotatable bonds is 7. The molecule has 0 amide bonds. The lowest BCUT2D eigenvalue weighted by Gasteiger charge is -2.07. The van der Waals surface area contributed by atoms with Gasteiger partial charge in [0.15, 0.2) is 0 Å². The molecule has 1 aromatic carbocycles. The van der Waals surface area contributed by atoms with E-state index in [-0.39, 0.29) is 0 Å². The van der Waals surface area contributed by atoms with Gasteiger partial charge in [0.2, 0.25) is 5.95 Å². The first-order chi connectivity index (χ1) is 12.1. The van der Waals surface area contributed by atoms with Gasteiger partial charge in [0.1, 0.15) is 0 Å². The Morgan fingerprint density at radius 3 is 2.88 bits per heavy atom. The first-order valence-electron chi connectivity index (χ1n) is 8.50. The number of nitrogens with zero attached hydrogens (tertiary/aromatic N) is 2. The minimum absolute atomic E-state index is 0.351. The van der Waals surface area contributed by atoms with Crippen molar-refractivity contribution in [3.8, 4) is 0 Å². The van der Waals surface area contributed by atoms with Gasteiger partial charge < -0.3 is 5.73 Å². The van der Waals surface area contributed by atoms with Crippen molar-refractivity contribution in [1.29, 1.82) is 0 Å². The molecule has 0 saturated heterocycles. The maximum atomic E-state index is 5.88. The second-order valence-corrected chi connectivity index (χ2v) is 9.22. The Labute approximate surface area is 165 Å². The molecule has 132 valence electrons. The van der Waals surface area contributed by atoms with Crippen molar-refractivity contribution >= 4 is 55.9 Å². The van der Waals surface area contributed by atoms with Gasteiger partial charge in [-0.15, -0.1) is 23.1 Å². The summed E-state index contributed by atoms with van der Waals surface area (Å²) in [6, 6.07) is 6.05. The predicted molar refractivity (Wildman–Crippen MR) is 114 cm³/mol. The molecule has 0 aliphatic heterocycles. The maximum absolute atomic E-state index is 5.88. The molecular weight excluding hydrogens is 414 g/mol. The lowest BCUT2D eigenvalue weighted by atomic mass is 10.1. The highest BCUT2D eigenvalue weighted by molar-refractivity contribution is 9.10.